The van der Waals surface area contributed by atoms with Crippen molar-refractivity contribution in [2.45, 2.75) is 52.2 Å². The van der Waals surface area contributed by atoms with E-state index in [-0.39, 0.29) is 0 Å². The predicted molar refractivity (Wildman–Crippen MR) is 95.6 cm³/mol. The molecule has 0 radical (unpaired) electrons. The fourth-order valence-electron chi connectivity index (χ4n) is 2.22. The summed E-state index contributed by atoms with van der Waals surface area (Å²) in [6.07, 6.45) is 7.86. The standard InChI is InChI=1S/C19H27BO2/c1-14-9-11-15(12-10-14)16-7-6-8-17(13-16)20-22-19(4,5)18(2,3)21/h6-9,11-14,20-21H,10H2,1-5H3. The minimum absolute atomic E-state index is 0.498. The van der Waals surface area contributed by atoms with E-state index in [1.807, 2.05) is 13.8 Å². The van der Waals surface area contributed by atoms with Gasteiger partial charge in [0.25, 0.3) is 0 Å². The summed E-state index contributed by atoms with van der Waals surface area (Å²) in [4.78, 5) is 0. The van der Waals surface area contributed by atoms with Crippen LogP contribution in [0.1, 0.15) is 46.6 Å². The summed E-state index contributed by atoms with van der Waals surface area (Å²) in [6.45, 7) is 9.63. The van der Waals surface area contributed by atoms with Crippen molar-refractivity contribution < 1.29 is 9.76 Å². The zero-order chi connectivity index (χ0) is 16.4. The molecular formula is C19H27BO2. The lowest BCUT2D eigenvalue weighted by Crippen LogP contribution is -2.49. The highest BCUT2D eigenvalue weighted by Gasteiger charge is 2.35. The molecule has 1 unspecified atom stereocenters. The van der Waals surface area contributed by atoms with Gasteiger partial charge in [0.15, 0.2) is 0 Å². The van der Waals surface area contributed by atoms with Gasteiger partial charge in [-0.05, 0) is 51.2 Å². The number of allylic oxidation sites excluding steroid dienone is 4. The van der Waals surface area contributed by atoms with Crippen LogP contribution < -0.4 is 5.46 Å². The molecule has 0 saturated carbocycles. The summed E-state index contributed by atoms with van der Waals surface area (Å²) >= 11 is 0. The molecule has 0 heterocycles. The van der Waals surface area contributed by atoms with Crippen LogP contribution in [0.15, 0.2) is 42.5 Å². The lowest BCUT2D eigenvalue weighted by molar-refractivity contribution is -0.0893. The summed E-state index contributed by atoms with van der Waals surface area (Å²) in [6, 6.07) is 8.45. The second-order valence-corrected chi connectivity index (χ2v) is 7.29. The molecule has 0 aliphatic heterocycles. The normalized spacial score (nSPS) is 19.0. The van der Waals surface area contributed by atoms with Gasteiger partial charge in [-0.25, -0.2) is 0 Å². The van der Waals surface area contributed by atoms with Crippen molar-refractivity contribution in [2.75, 3.05) is 0 Å². The lowest BCUT2D eigenvalue weighted by atomic mass is 9.81. The van der Waals surface area contributed by atoms with Crippen LogP contribution in [-0.2, 0) is 4.65 Å². The first-order valence-corrected chi connectivity index (χ1v) is 8.03. The second-order valence-electron chi connectivity index (χ2n) is 7.29. The van der Waals surface area contributed by atoms with Gasteiger partial charge in [-0.2, -0.15) is 0 Å². The van der Waals surface area contributed by atoms with Gasteiger partial charge in [-0.15, -0.1) is 0 Å². The van der Waals surface area contributed by atoms with E-state index in [1.54, 1.807) is 13.8 Å². The quantitative estimate of drug-likeness (QED) is 0.846. The molecule has 118 valence electrons. The largest absolute Gasteiger partial charge is 0.427 e. The van der Waals surface area contributed by atoms with Gasteiger partial charge in [0, 0.05) is 0 Å². The molecule has 0 aromatic heterocycles. The summed E-state index contributed by atoms with van der Waals surface area (Å²) < 4.78 is 5.95. The SMILES string of the molecule is CC1C=CC(c2cccc(BOC(C)(C)C(C)(C)O)c2)=CC1. The van der Waals surface area contributed by atoms with Crippen LogP contribution in [0.5, 0.6) is 0 Å². The Labute approximate surface area is 135 Å². The van der Waals surface area contributed by atoms with E-state index in [0.29, 0.717) is 13.4 Å². The van der Waals surface area contributed by atoms with Crippen LogP contribution in [0.25, 0.3) is 5.57 Å². The highest BCUT2D eigenvalue weighted by Crippen LogP contribution is 2.25. The fourth-order valence-corrected chi connectivity index (χ4v) is 2.22. The average Bonchev–Trinajstić information content (AvgIpc) is 2.45. The Kier molecular flexibility index (Phi) is 4.98. The third-order valence-corrected chi connectivity index (χ3v) is 4.65. The minimum Gasteiger partial charge on any atom is -0.427 e. The second kappa shape index (κ2) is 6.43. The number of aliphatic hydroxyl groups is 1. The molecule has 0 fully saturated rings. The van der Waals surface area contributed by atoms with Crippen molar-refractivity contribution in [3.05, 3.63) is 48.1 Å². The smallest absolute Gasteiger partial charge is 0.309 e. The van der Waals surface area contributed by atoms with Crippen molar-refractivity contribution in [2.24, 2.45) is 5.92 Å². The van der Waals surface area contributed by atoms with Gasteiger partial charge in [0.05, 0.1) is 11.2 Å². The van der Waals surface area contributed by atoms with Crippen LogP contribution >= 0.6 is 0 Å². The zero-order valence-electron chi connectivity index (χ0n) is 14.4. The summed E-state index contributed by atoms with van der Waals surface area (Å²) in [5.41, 5.74) is 2.16. The van der Waals surface area contributed by atoms with Gasteiger partial charge in [-0.3, -0.25) is 0 Å². The average molecular weight is 298 g/mol. The van der Waals surface area contributed by atoms with Gasteiger partial charge in [0.1, 0.15) is 0 Å². The van der Waals surface area contributed by atoms with Crippen molar-refractivity contribution in [1.82, 2.24) is 0 Å². The van der Waals surface area contributed by atoms with E-state index in [1.165, 1.54) is 11.1 Å². The third-order valence-electron chi connectivity index (χ3n) is 4.65. The Morgan fingerprint density at radius 1 is 1.23 bits per heavy atom. The van der Waals surface area contributed by atoms with Crippen molar-refractivity contribution >= 4 is 18.5 Å². The molecule has 2 nitrogen and oxygen atoms in total. The first kappa shape index (κ1) is 17.0. The number of hydrogen-bond acceptors (Lipinski definition) is 2. The lowest BCUT2D eigenvalue weighted by Gasteiger charge is -2.37. The Morgan fingerprint density at radius 2 is 1.95 bits per heavy atom. The molecule has 0 bridgehead atoms. The number of benzene rings is 1. The first-order valence-electron chi connectivity index (χ1n) is 8.03. The van der Waals surface area contributed by atoms with E-state index in [0.717, 1.165) is 11.9 Å². The topological polar surface area (TPSA) is 29.5 Å². The van der Waals surface area contributed by atoms with Crippen LogP contribution in [0.3, 0.4) is 0 Å². The molecule has 3 heteroatoms. The summed E-state index contributed by atoms with van der Waals surface area (Å²) in [5.74, 6) is 0.628. The van der Waals surface area contributed by atoms with E-state index in [4.69, 9.17) is 4.65 Å². The van der Waals surface area contributed by atoms with Gasteiger partial charge < -0.3 is 9.76 Å². The molecule has 1 aliphatic carbocycles. The molecule has 1 aliphatic rings. The van der Waals surface area contributed by atoms with E-state index >= 15 is 0 Å². The predicted octanol–water partition coefficient (Wildman–Crippen LogP) is 3.21. The fraction of sp³-hybridized carbons (Fsp3) is 0.474. The summed E-state index contributed by atoms with van der Waals surface area (Å²) in [5, 5.41) is 10.2. The maximum absolute atomic E-state index is 10.2. The molecule has 0 spiro atoms. The van der Waals surface area contributed by atoms with Gasteiger partial charge in [0.2, 0.25) is 0 Å². The number of hydrogen-bond donors (Lipinski definition) is 1. The van der Waals surface area contributed by atoms with Gasteiger partial charge in [-0.1, -0.05) is 54.9 Å². The maximum atomic E-state index is 10.2. The van der Waals surface area contributed by atoms with E-state index < -0.39 is 11.2 Å². The molecular weight excluding hydrogens is 271 g/mol. The van der Waals surface area contributed by atoms with Crippen molar-refractivity contribution in [3.8, 4) is 0 Å². The molecule has 1 N–H and O–H groups in total. The Bertz CT molecular complexity index is 579. The van der Waals surface area contributed by atoms with Crippen molar-refractivity contribution in [1.29, 1.82) is 0 Å². The van der Waals surface area contributed by atoms with Crippen LogP contribution in [-0.4, -0.2) is 23.8 Å². The zero-order valence-corrected chi connectivity index (χ0v) is 14.4. The Hall–Kier alpha value is -1.32. The van der Waals surface area contributed by atoms with Gasteiger partial charge >= 0.3 is 7.48 Å². The maximum Gasteiger partial charge on any atom is 0.309 e. The minimum atomic E-state index is -0.880. The number of rotatable bonds is 5. The van der Waals surface area contributed by atoms with E-state index in [9.17, 15) is 5.11 Å². The monoisotopic (exact) mass is 298 g/mol. The molecule has 1 aromatic carbocycles. The molecule has 22 heavy (non-hydrogen) atoms. The Morgan fingerprint density at radius 3 is 2.55 bits per heavy atom. The highest BCUT2D eigenvalue weighted by molar-refractivity contribution is 6.47. The van der Waals surface area contributed by atoms with Crippen LogP contribution in [0, 0.1) is 5.92 Å². The van der Waals surface area contributed by atoms with Crippen molar-refractivity contribution in [3.63, 3.8) is 0 Å². The highest BCUT2D eigenvalue weighted by atomic mass is 16.5. The Balaban J connectivity index is 2.08. The van der Waals surface area contributed by atoms with E-state index in [2.05, 4.69) is 49.4 Å². The molecule has 0 saturated heterocycles. The molecule has 1 atom stereocenters. The van der Waals surface area contributed by atoms with Crippen LogP contribution in [0.2, 0.25) is 0 Å². The molecule has 0 amide bonds. The molecule has 2 rings (SSSR count). The molecule has 1 aromatic rings. The first-order chi connectivity index (χ1) is 10.2. The third kappa shape index (κ3) is 4.11. The summed E-state index contributed by atoms with van der Waals surface area (Å²) in [7, 11) is 0.498. The van der Waals surface area contributed by atoms with Crippen LogP contribution in [0.4, 0.5) is 0 Å².